The van der Waals surface area contributed by atoms with Crippen molar-refractivity contribution in [2.75, 3.05) is 11.6 Å². The number of pyridine rings is 1. The summed E-state index contributed by atoms with van der Waals surface area (Å²) in [6.07, 6.45) is 11.1. The molecule has 1 N–H and O–H groups in total. The second-order valence-electron chi connectivity index (χ2n) is 5.99. The summed E-state index contributed by atoms with van der Waals surface area (Å²) in [6.45, 7) is 0. The van der Waals surface area contributed by atoms with Crippen LogP contribution in [0.15, 0.2) is 66.1 Å². The van der Waals surface area contributed by atoms with E-state index in [0.29, 0.717) is 5.69 Å². The number of carbonyl (C=O) groups is 1. The van der Waals surface area contributed by atoms with Crippen LogP contribution >= 0.6 is 0 Å². The lowest BCUT2D eigenvalue weighted by Crippen LogP contribution is -2.08. The van der Waals surface area contributed by atoms with Crippen LogP contribution in [0.3, 0.4) is 0 Å². The maximum absolute atomic E-state index is 12.2. The molecule has 1 amide bonds. The molecule has 7 nitrogen and oxygen atoms in total. The van der Waals surface area contributed by atoms with E-state index in [2.05, 4.69) is 15.4 Å². The molecule has 0 saturated heterocycles. The summed E-state index contributed by atoms with van der Waals surface area (Å²) < 4.78 is 24.9. The lowest BCUT2D eigenvalue weighted by Gasteiger charge is -2.05. The number of carbonyl (C=O) groups excluding carboxylic acids is 1. The summed E-state index contributed by atoms with van der Waals surface area (Å²) in [5, 5.41) is 6.82. The van der Waals surface area contributed by atoms with Gasteiger partial charge in [0.2, 0.25) is 5.91 Å². The van der Waals surface area contributed by atoms with E-state index in [0.717, 1.165) is 22.9 Å². The van der Waals surface area contributed by atoms with Crippen molar-refractivity contribution in [2.24, 2.45) is 7.05 Å². The zero-order valence-electron chi connectivity index (χ0n) is 14.8. The fourth-order valence-corrected chi connectivity index (χ4v) is 3.18. The van der Waals surface area contributed by atoms with E-state index in [-0.39, 0.29) is 10.8 Å². The van der Waals surface area contributed by atoms with Gasteiger partial charge in [0.15, 0.2) is 9.84 Å². The molecule has 27 heavy (non-hydrogen) atoms. The van der Waals surface area contributed by atoms with Gasteiger partial charge in [-0.2, -0.15) is 5.10 Å². The van der Waals surface area contributed by atoms with Crippen LogP contribution in [-0.4, -0.2) is 35.3 Å². The molecule has 0 fully saturated rings. The van der Waals surface area contributed by atoms with Gasteiger partial charge in [-0.15, -0.1) is 0 Å². The van der Waals surface area contributed by atoms with Gasteiger partial charge in [-0.25, -0.2) is 8.42 Å². The van der Waals surface area contributed by atoms with Gasteiger partial charge in [0.1, 0.15) is 0 Å². The minimum atomic E-state index is -3.34. The Labute approximate surface area is 157 Å². The number of hydrogen-bond donors (Lipinski definition) is 1. The van der Waals surface area contributed by atoms with Crippen LogP contribution in [0.2, 0.25) is 0 Å². The van der Waals surface area contributed by atoms with Gasteiger partial charge in [0, 0.05) is 54.8 Å². The highest BCUT2D eigenvalue weighted by molar-refractivity contribution is 7.90. The van der Waals surface area contributed by atoms with E-state index in [1.165, 1.54) is 18.2 Å². The van der Waals surface area contributed by atoms with Crippen LogP contribution in [-0.2, 0) is 21.7 Å². The van der Waals surface area contributed by atoms with Crippen molar-refractivity contribution in [3.8, 4) is 11.1 Å². The first-order valence-corrected chi connectivity index (χ1v) is 9.94. The fraction of sp³-hybridized carbons (Fsp3) is 0.105. The molecule has 0 spiro atoms. The number of anilines is 1. The first-order chi connectivity index (χ1) is 12.8. The Hall–Kier alpha value is -3.26. The number of nitrogens with zero attached hydrogens (tertiary/aromatic N) is 3. The number of nitrogens with one attached hydrogen (secondary N) is 1. The topological polar surface area (TPSA) is 94.0 Å². The standard InChI is InChI=1S/C19H18N4O3S/c1-23-13-15(12-21-23)18-8-9-20-11-14(18)6-7-19(24)22-16-4-3-5-17(10-16)27(2,25)26/h3-13H,1-2H3,(H,22,24)/b7-6+. The monoisotopic (exact) mass is 382 g/mol. The Balaban J connectivity index is 1.79. The zero-order valence-corrected chi connectivity index (χ0v) is 15.6. The molecular formula is C19H18N4O3S. The van der Waals surface area contributed by atoms with E-state index >= 15 is 0 Å². The minimum absolute atomic E-state index is 0.149. The minimum Gasteiger partial charge on any atom is -0.322 e. The van der Waals surface area contributed by atoms with Gasteiger partial charge in [-0.1, -0.05) is 6.07 Å². The van der Waals surface area contributed by atoms with Crippen LogP contribution in [0.4, 0.5) is 5.69 Å². The third-order valence-electron chi connectivity index (χ3n) is 3.81. The maximum atomic E-state index is 12.2. The largest absolute Gasteiger partial charge is 0.322 e. The molecule has 0 saturated carbocycles. The molecule has 0 bridgehead atoms. The highest BCUT2D eigenvalue weighted by Crippen LogP contribution is 2.23. The molecule has 0 atom stereocenters. The van der Waals surface area contributed by atoms with Crippen molar-refractivity contribution in [1.82, 2.24) is 14.8 Å². The quantitative estimate of drug-likeness (QED) is 0.685. The number of hydrogen-bond acceptors (Lipinski definition) is 5. The summed E-state index contributed by atoms with van der Waals surface area (Å²) >= 11 is 0. The van der Waals surface area contributed by atoms with Crippen LogP contribution in [0.25, 0.3) is 17.2 Å². The van der Waals surface area contributed by atoms with Gasteiger partial charge in [-0.05, 0) is 35.9 Å². The number of amides is 1. The van der Waals surface area contributed by atoms with Crippen LogP contribution in [0.5, 0.6) is 0 Å². The Morgan fingerprint density at radius 1 is 1.22 bits per heavy atom. The van der Waals surface area contributed by atoms with Crippen molar-refractivity contribution in [3.05, 3.63) is 66.8 Å². The van der Waals surface area contributed by atoms with E-state index in [4.69, 9.17) is 0 Å². The molecule has 0 unspecified atom stereocenters. The smallest absolute Gasteiger partial charge is 0.248 e. The van der Waals surface area contributed by atoms with Crippen molar-refractivity contribution in [3.63, 3.8) is 0 Å². The van der Waals surface area contributed by atoms with Crippen molar-refractivity contribution < 1.29 is 13.2 Å². The van der Waals surface area contributed by atoms with Gasteiger partial charge < -0.3 is 5.32 Å². The molecule has 2 heterocycles. The van der Waals surface area contributed by atoms with E-state index in [1.807, 2.05) is 19.3 Å². The zero-order chi connectivity index (χ0) is 19.4. The number of rotatable bonds is 5. The van der Waals surface area contributed by atoms with E-state index in [1.54, 1.807) is 41.5 Å². The lowest BCUT2D eigenvalue weighted by atomic mass is 10.0. The summed E-state index contributed by atoms with van der Waals surface area (Å²) in [5.41, 5.74) is 3.00. The predicted octanol–water partition coefficient (Wildman–Crippen LogP) is 2.54. The van der Waals surface area contributed by atoms with Crippen molar-refractivity contribution in [2.45, 2.75) is 4.90 Å². The summed E-state index contributed by atoms with van der Waals surface area (Å²) in [7, 11) is -1.50. The van der Waals surface area contributed by atoms with Crippen LogP contribution < -0.4 is 5.32 Å². The number of benzene rings is 1. The van der Waals surface area contributed by atoms with Gasteiger partial charge >= 0.3 is 0 Å². The summed E-state index contributed by atoms with van der Waals surface area (Å²) in [4.78, 5) is 16.5. The Bertz CT molecular complexity index is 1120. The normalized spacial score (nSPS) is 11.6. The van der Waals surface area contributed by atoms with Crippen molar-refractivity contribution in [1.29, 1.82) is 0 Å². The average Bonchev–Trinajstić information content (AvgIpc) is 3.06. The number of sulfone groups is 1. The third-order valence-corrected chi connectivity index (χ3v) is 4.92. The molecule has 0 aliphatic rings. The molecule has 2 aromatic heterocycles. The molecule has 0 aliphatic heterocycles. The number of aromatic nitrogens is 3. The van der Waals surface area contributed by atoms with E-state index in [9.17, 15) is 13.2 Å². The SMILES string of the molecule is Cn1cc(-c2ccncc2/C=C/C(=O)Nc2cccc(S(C)(=O)=O)c2)cn1. The highest BCUT2D eigenvalue weighted by atomic mass is 32.2. The summed E-state index contributed by atoms with van der Waals surface area (Å²) in [6, 6.07) is 7.97. The van der Waals surface area contributed by atoms with Crippen LogP contribution in [0.1, 0.15) is 5.56 Å². The first kappa shape index (κ1) is 18.5. The van der Waals surface area contributed by atoms with Crippen LogP contribution in [0, 0.1) is 0 Å². The van der Waals surface area contributed by atoms with Gasteiger partial charge in [0.05, 0.1) is 11.1 Å². The average molecular weight is 382 g/mol. The Kier molecular flexibility index (Phi) is 5.18. The van der Waals surface area contributed by atoms with Gasteiger partial charge in [-0.3, -0.25) is 14.5 Å². The molecule has 1 aromatic carbocycles. The van der Waals surface area contributed by atoms with E-state index < -0.39 is 9.84 Å². The molecule has 8 heteroatoms. The molecule has 3 rings (SSSR count). The predicted molar refractivity (Wildman–Crippen MR) is 104 cm³/mol. The second kappa shape index (κ2) is 7.55. The second-order valence-corrected chi connectivity index (χ2v) is 8.00. The molecule has 3 aromatic rings. The van der Waals surface area contributed by atoms with Crippen molar-refractivity contribution >= 4 is 27.5 Å². The third kappa shape index (κ3) is 4.68. The highest BCUT2D eigenvalue weighted by Gasteiger charge is 2.09. The summed E-state index contributed by atoms with van der Waals surface area (Å²) in [5.74, 6) is -0.373. The lowest BCUT2D eigenvalue weighted by molar-refractivity contribution is -0.111. The molecule has 138 valence electrons. The molecule has 0 radical (unpaired) electrons. The molecular weight excluding hydrogens is 364 g/mol. The Morgan fingerprint density at radius 2 is 2.04 bits per heavy atom. The molecule has 0 aliphatic carbocycles. The number of aryl methyl sites for hydroxylation is 1. The maximum Gasteiger partial charge on any atom is 0.248 e. The first-order valence-electron chi connectivity index (χ1n) is 8.05. The fourth-order valence-electron chi connectivity index (χ4n) is 2.52. The Morgan fingerprint density at radius 3 is 2.74 bits per heavy atom. The van der Waals surface area contributed by atoms with Gasteiger partial charge in [0.25, 0.3) is 0 Å².